The van der Waals surface area contributed by atoms with Crippen molar-refractivity contribution < 1.29 is 19.0 Å². The maximum absolute atomic E-state index is 12.7. The lowest BCUT2D eigenvalue weighted by atomic mass is 9.86. The van der Waals surface area contributed by atoms with Crippen molar-refractivity contribution in [2.75, 3.05) is 21.3 Å². The van der Waals surface area contributed by atoms with Crippen molar-refractivity contribution in [3.8, 4) is 17.2 Å². The molecule has 0 spiro atoms. The highest BCUT2D eigenvalue weighted by molar-refractivity contribution is 5.76. The number of methoxy groups -OCH3 is 3. The number of ether oxygens (including phenoxy) is 3. The largest absolute Gasteiger partial charge is 0.493 e. The quantitative estimate of drug-likeness (QED) is 0.499. The zero-order valence-electron chi connectivity index (χ0n) is 17.2. The molecule has 0 aliphatic rings. The Balaban J connectivity index is 2.14. The summed E-state index contributed by atoms with van der Waals surface area (Å²) in [5.74, 6) is 0.162. The molecule has 0 bridgehead atoms. The van der Waals surface area contributed by atoms with Gasteiger partial charge in [-0.15, -0.1) is 0 Å². The molecule has 0 saturated heterocycles. The minimum atomic E-state index is -0.593. The van der Waals surface area contributed by atoms with E-state index in [0.717, 1.165) is 5.56 Å². The highest BCUT2D eigenvalue weighted by atomic mass is 16.5. The second kappa shape index (κ2) is 9.21. The van der Waals surface area contributed by atoms with Gasteiger partial charge in [0, 0.05) is 30.0 Å². The van der Waals surface area contributed by atoms with Crippen LogP contribution in [0.4, 0.5) is 0 Å². The highest BCUT2D eigenvalue weighted by Gasteiger charge is 2.27. The average Bonchev–Trinajstić information content (AvgIpc) is 3.11. The Labute approximate surface area is 174 Å². The minimum Gasteiger partial charge on any atom is -0.493 e. The topological polar surface area (TPSA) is 119 Å². The number of primary amides is 1. The van der Waals surface area contributed by atoms with Crippen LogP contribution in [0.1, 0.15) is 34.7 Å². The van der Waals surface area contributed by atoms with E-state index >= 15 is 0 Å². The third-order valence-corrected chi connectivity index (χ3v) is 4.96. The summed E-state index contributed by atoms with van der Waals surface area (Å²) in [7, 11) is 4.53. The second-order valence-electron chi connectivity index (χ2n) is 6.82. The molecule has 1 heterocycles. The molecule has 1 aromatic heterocycles. The van der Waals surface area contributed by atoms with E-state index in [4.69, 9.17) is 19.9 Å². The maximum Gasteiger partial charge on any atom is 0.267 e. The molecule has 30 heavy (non-hydrogen) atoms. The van der Waals surface area contributed by atoms with Gasteiger partial charge in [0.25, 0.3) is 5.56 Å². The average molecular weight is 411 g/mol. The number of amides is 1. The first-order valence-electron chi connectivity index (χ1n) is 9.40. The molecule has 0 aliphatic carbocycles. The summed E-state index contributed by atoms with van der Waals surface area (Å²) >= 11 is 0. The Kier molecular flexibility index (Phi) is 6.46. The molecule has 0 fully saturated rings. The van der Waals surface area contributed by atoms with Crippen LogP contribution in [0.15, 0.2) is 47.3 Å². The Bertz CT molecular complexity index is 1050. The number of nitrogens with one attached hydrogen (secondary N) is 2. The standard InChI is InChI=1S/C22H25N3O5/c1-28-17-10-14(11-18(29-2)21(17)30-3)15(12-19(23)26)20-16(24-25-22(20)27)9-13-7-5-4-6-8-13/h4-8,10-11,15H,9,12H2,1-3H3,(H2,23,26)(H2,24,25,27)/t15-/m1/s1. The summed E-state index contributed by atoms with van der Waals surface area (Å²) in [4.78, 5) is 24.6. The zero-order chi connectivity index (χ0) is 21.7. The fraction of sp³-hybridized carbons (Fsp3) is 0.273. The van der Waals surface area contributed by atoms with E-state index in [1.165, 1.54) is 21.3 Å². The number of carbonyl (C=O) groups excluding carboxylic acids is 1. The number of aromatic nitrogens is 2. The number of H-pyrrole nitrogens is 2. The van der Waals surface area contributed by atoms with Gasteiger partial charge < -0.3 is 25.0 Å². The van der Waals surface area contributed by atoms with E-state index in [1.54, 1.807) is 12.1 Å². The van der Waals surface area contributed by atoms with E-state index in [-0.39, 0.29) is 12.0 Å². The van der Waals surface area contributed by atoms with Gasteiger partial charge >= 0.3 is 0 Å². The van der Waals surface area contributed by atoms with Gasteiger partial charge in [0.05, 0.1) is 21.3 Å². The van der Waals surface area contributed by atoms with Crippen LogP contribution in [-0.4, -0.2) is 37.4 Å². The number of benzene rings is 2. The molecule has 1 amide bonds. The Morgan fingerprint density at radius 2 is 1.63 bits per heavy atom. The normalized spacial score (nSPS) is 11.7. The van der Waals surface area contributed by atoms with Gasteiger partial charge in [0.1, 0.15) is 0 Å². The van der Waals surface area contributed by atoms with Crippen molar-refractivity contribution in [1.29, 1.82) is 0 Å². The first-order valence-corrected chi connectivity index (χ1v) is 9.40. The predicted octanol–water partition coefficient (Wildman–Crippen LogP) is 2.33. The van der Waals surface area contributed by atoms with Gasteiger partial charge in [0.2, 0.25) is 11.7 Å². The minimum absolute atomic E-state index is 0.0542. The Morgan fingerprint density at radius 1 is 1.00 bits per heavy atom. The monoisotopic (exact) mass is 411 g/mol. The van der Waals surface area contributed by atoms with Gasteiger partial charge in [-0.2, -0.15) is 0 Å². The molecule has 0 aliphatic heterocycles. The fourth-order valence-electron chi connectivity index (χ4n) is 3.60. The number of rotatable bonds is 9. The van der Waals surface area contributed by atoms with Crippen LogP contribution >= 0.6 is 0 Å². The molecule has 8 nitrogen and oxygen atoms in total. The smallest absolute Gasteiger partial charge is 0.267 e. The van der Waals surface area contributed by atoms with Crippen molar-refractivity contribution in [1.82, 2.24) is 10.2 Å². The summed E-state index contributed by atoms with van der Waals surface area (Å²) in [6.45, 7) is 0. The SMILES string of the molecule is COc1cc([C@@H](CC(N)=O)c2c(Cc3ccccc3)[nH][nH]c2=O)cc(OC)c1OC. The lowest BCUT2D eigenvalue weighted by Crippen LogP contribution is -2.21. The number of hydrogen-bond acceptors (Lipinski definition) is 5. The van der Waals surface area contributed by atoms with Crippen molar-refractivity contribution in [2.24, 2.45) is 5.73 Å². The zero-order valence-corrected chi connectivity index (χ0v) is 17.2. The van der Waals surface area contributed by atoms with Gasteiger partial charge in [-0.25, -0.2) is 0 Å². The third kappa shape index (κ3) is 4.32. The maximum atomic E-state index is 12.7. The van der Waals surface area contributed by atoms with Gasteiger partial charge in [-0.3, -0.25) is 14.7 Å². The van der Waals surface area contributed by atoms with Crippen molar-refractivity contribution in [3.63, 3.8) is 0 Å². The van der Waals surface area contributed by atoms with Crippen molar-refractivity contribution in [3.05, 3.63) is 75.2 Å². The van der Waals surface area contributed by atoms with Crippen molar-refractivity contribution in [2.45, 2.75) is 18.8 Å². The van der Waals surface area contributed by atoms with Crippen LogP contribution in [0, 0.1) is 0 Å². The Hall–Kier alpha value is -3.68. The van der Waals surface area contributed by atoms with E-state index in [0.29, 0.717) is 40.5 Å². The van der Waals surface area contributed by atoms with E-state index in [1.807, 2.05) is 30.3 Å². The predicted molar refractivity (Wildman–Crippen MR) is 112 cm³/mol. The molecule has 4 N–H and O–H groups in total. The first kappa shape index (κ1) is 21.0. The molecule has 2 aromatic carbocycles. The lowest BCUT2D eigenvalue weighted by molar-refractivity contribution is -0.118. The lowest BCUT2D eigenvalue weighted by Gasteiger charge is -2.20. The van der Waals surface area contributed by atoms with Crippen LogP contribution in [-0.2, 0) is 11.2 Å². The van der Waals surface area contributed by atoms with Gasteiger partial charge in [0.15, 0.2) is 11.5 Å². The summed E-state index contributed by atoms with van der Waals surface area (Å²) in [6.07, 6.45) is 0.440. The van der Waals surface area contributed by atoms with Crippen molar-refractivity contribution >= 4 is 5.91 Å². The molecular weight excluding hydrogens is 386 g/mol. The van der Waals surface area contributed by atoms with E-state index in [9.17, 15) is 9.59 Å². The first-order chi connectivity index (χ1) is 14.5. The molecule has 158 valence electrons. The van der Waals surface area contributed by atoms with E-state index < -0.39 is 11.8 Å². The molecular formula is C22H25N3O5. The highest BCUT2D eigenvalue weighted by Crippen LogP contribution is 2.42. The fourth-order valence-corrected chi connectivity index (χ4v) is 3.60. The summed E-state index contributed by atoms with van der Waals surface area (Å²) < 4.78 is 16.2. The molecule has 3 aromatic rings. The van der Waals surface area contributed by atoms with Gasteiger partial charge in [-0.05, 0) is 23.3 Å². The summed E-state index contributed by atoms with van der Waals surface area (Å²) in [5, 5.41) is 5.59. The molecule has 0 unspecified atom stereocenters. The Morgan fingerprint density at radius 3 is 2.17 bits per heavy atom. The number of carbonyl (C=O) groups is 1. The summed E-state index contributed by atoms with van der Waals surface area (Å²) in [6, 6.07) is 13.2. The van der Waals surface area contributed by atoms with E-state index in [2.05, 4.69) is 10.2 Å². The second-order valence-corrected chi connectivity index (χ2v) is 6.82. The summed E-state index contributed by atoms with van der Waals surface area (Å²) in [5.41, 5.74) is 8.05. The number of nitrogens with two attached hydrogens (primary N) is 1. The van der Waals surface area contributed by atoms with Crippen LogP contribution in [0.5, 0.6) is 17.2 Å². The molecule has 3 rings (SSSR count). The molecule has 1 atom stereocenters. The van der Waals surface area contributed by atoms with Crippen LogP contribution < -0.4 is 25.5 Å². The number of hydrogen-bond donors (Lipinski definition) is 3. The van der Waals surface area contributed by atoms with Gasteiger partial charge in [-0.1, -0.05) is 30.3 Å². The van der Waals surface area contributed by atoms with Crippen LogP contribution in [0.2, 0.25) is 0 Å². The number of aromatic amines is 2. The third-order valence-electron chi connectivity index (χ3n) is 4.96. The molecule has 0 radical (unpaired) electrons. The van der Waals surface area contributed by atoms with Crippen LogP contribution in [0.25, 0.3) is 0 Å². The molecule has 8 heteroatoms. The molecule has 0 saturated carbocycles. The van der Waals surface area contributed by atoms with Crippen LogP contribution in [0.3, 0.4) is 0 Å².